The van der Waals surface area contributed by atoms with Crippen LogP contribution in [0.2, 0.25) is 0 Å². The molecule has 1 amide bonds. The van der Waals surface area contributed by atoms with Gasteiger partial charge >= 0.3 is 0 Å². The van der Waals surface area contributed by atoms with E-state index in [9.17, 15) is 4.79 Å². The topological polar surface area (TPSA) is 55.6 Å². The molecule has 1 saturated heterocycles. The van der Waals surface area contributed by atoms with E-state index in [1.807, 2.05) is 11.8 Å². The first-order valence-corrected chi connectivity index (χ1v) is 8.33. The van der Waals surface area contributed by atoms with Crippen LogP contribution in [0.1, 0.15) is 64.7 Å². The molecule has 4 heteroatoms. The quantitative estimate of drug-likeness (QED) is 0.861. The average Bonchev–Trinajstić information content (AvgIpc) is 2.76. The Balaban J connectivity index is 1.91. The molecule has 2 N–H and O–H groups in total. The van der Waals surface area contributed by atoms with Gasteiger partial charge in [-0.3, -0.25) is 4.79 Å². The molecule has 1 heterocycles. The first-order valence-electron chi connectivity index (χ1n) is 8.33. The van der Waals surface area contributed by atoms with Crippen LogP contribution in [-0.2, 0) is 9.53 Å². The number of hydrogen-bond donors (Lipinski definition) is 1. The molecule has 1 aliphatic heterocycles. The van der Waals surface area contributed by atoms with Crippen LogP contribution in [0.4, 0.5) is 0 Å². The summed E-state index contributed by atoms with van der Waals surface area (Å²) in [6, 6.07) is 0. The number of carbonyl (C=O) groups is 1. The van der Waals surface area contributed by atoms with Gasteiger partial charge in [-0.2, -0.15) is 0 Å². The van der Waals surface area contributed by atoms with Crippen LogP contribution >= 0.6 is 0 Å². The number of ether oxygens (including phenoxy) is 1. The van der Waals surface area contributed by atoms with Crippen LogP contribution in [0.25, 0.3) is 0 Å². The van der Waals surface area contributed by atoms with Crippen molar-refractivity contribution >= 4 is 5.91 Å². The predicted octanol–water partition coefficient (Wildman–Crippen LogP) is 2.46. The third kappa shape index (κ3) is 3.95. The predicted molar refractivity (Wildman–Crippen MR) is 80.5 cm³/mol. The minimum atomic E-state index is -0.352. The zero-order chi connectivity index (χ0) is 14.4. The van der Waals surface area contributed by atoms with E-state index in [4.69, 9.17) is 10.5 Å². The van der Waals surface area contributed by atoms with Crippen molar-refractivity contribution in [2.75, 3.05) is 19.6 Å². The summed E-state index contributed by atoms with van der Waals surface area (Å²) in [4.78, 5) is 14.5. The summed E-state index contributed by atoms with van der Waals surface area (Å²) in [7, 11) is 0. The van der Waals surface area contributed by atoms with E-state index in [2.05, 4.69) is 0 Å². The van der Waals surface area contributed by atoms with Gasteiger partial charge in [-0.25, -0.2) is 0 Å². The Morgan fingerprint density at radius 1 is 1.10 bits per heavy atom. The van der Waals surface area contributed by atoms with Gasteiger partial charge in [-0.15, -0.1) is 0 Å². The van der Waals surface area contributed by atoms with Crippen LogP contribution in [-0.4, -0.2) is 42.1 Å². The fraction of sp³-hybridized carbons (Fsp3) is 0.938. The molecule has 0 aromatic rings. The lowest BCUT2D eigenvalue weighted by Gasteiger charge is -2.39. The standard InChI is InChI=1S/C16H30N2O2/c1-14(15(19)18-11-7-2-3-8-12-18)20-16(13-17)9-5-4-6-10-16/h14H,2-13,17H2,1H3. The SMILES string of the molecule is CC(OC1(CN)CCCCC1)C(=O)N1CCCCCC1. The van der Waals surface area contributed by atoms with Gasteiger partial charge < -0.3 is 15.4 Å². The molecule has 20 heavy (non-hydrogen) atoms. The lowest BCUT2D eigenvalue weighted by molar-refractivity contribution is -0.158. The maximum atomic E-state index is 12.5. The second kappa shape index (κ2) is 7.41. The minimum Gasteiger partial charge on any atom is -0.361 e. The van der Waals surface area contributed by atoms with Gasteiger partial charge in [0.05, 0.1) is 5.60 Å². The van der Waals surface area contributed by atoms with Gasteiger partial charge in [0, 0.05) is 19.6 Å². The summed E-state index contributed by atoms with van der Waals surface area (Å²) in [5, 5.41) is 0. The summed E-state index contributed by atoms with van der Waals surface area (Å²) in [6.45, 7) is 4.22. The van der Waals surface area contributed by atoms with Crippen molar-refractivity contribution in [2.45, 2.75) is 76.4 Å². The monoisotopic (exact) mass is 282 g/mol. The number of likely N-dealkylation sites (tertiary alicyclic amines) is 1. The molecule has 0 radical (unpaired) electrons. The van der Waals surface area contributed by atoms with Crippen molar-refractivity contribution in [2.24, 2.45) is 5.73 Å². The van der Waals surface area contributed by atoms with Gasteiger partial charge in [-0.1, -0.05) is 32.1 Å². The van der Waals surface area contributed by atoms with E-state index in [1.54, 1.807) is 0 Å². The lowest BCUT2D eigenvalue weighted by atomic mass is 9.84. The molecule has 116 valence electrons. The van der Waals surface area contributed by atoms with Crippen molar-refractivity contribution in [3.8, 4) is 0 Å². The first-order chi connectivity index (χ1) is 9.67. The number of nitrogens with zero attached hydrogens (tertiary/aromatic N) is 1. The third-order valence-corrected chi connectivity index (χ3v) is 4.83. The lowest BCUT2D eigenvalue weighted by Crippen LogP contribution is -2.49. The third-order valence-electron chi connectivity index (χ3n) is 4.83. The molecule has 0 aromatic carbocycles. The molecule has 2 fully saturated rings. The molecule has 2 rings (SSSR count). The van der Waals surface area contributed by atoms with Crippen molar-refractivity contribution in [3.05, 3.63) is 0 Å². The molecule has 1 atom stereocenters. The fourth-order valence-electron chi connectivity index (χ4n) is 3.54. The molecular weight excluding hydrogens is 252 g/mol. The summed E-state index contributed by atoms with van der Waals surface area (Å²) < 4.78 is 6.17. The highest BCUT2D eigenvalue weighted by molar-refractivity contribution is 5.80. The van der Waals surface area contributed by atoms with Crippen molar-refractivity contribution < 1.29 is 9.53 Å². The molecule has 0 spiro atoms. The van der Waals surface area contributed by atoms with Gasteiger partial charge in [0.15, 0.2) is 0 Å². The van der Waals surface area contributed by atoms with Gasteiger partial charge in [0.1, 0.15) is 6.10 Å². The zero-order valence-corrected chi connectivity index (χ0v) is 12.9. The average molecular weight is 282 g/mol. The number of hydrogen-bond acceptors (Lipinski definition) is 3. The Bertz CT molecular complexity index is 306. The van der Waals surface area contributed by atoms with Gasteiger partial charge in [-0.05, 0) is 32.6 Å². The highest BCUT2D eigenvalue weighted by Gasteiger charge is 2.36. The van der Waals surface area contributed by atoms with Crippen molar-refractivity contribution in [1.29, 1.82) is 0 Å². The van der Waals surface area contributed by atoms with Crippen LogP contribution in [0.3, 0.4) is 0 Å². The number of carbonyl (C=O) groups excluding carboxylic acids is 1. The Hall–Kier alpha value is -0.610. The number of nitrogens with two attached hydrogens (primary N) is 1. The van der Waals surface area contributed by atoms with E-state index in [0.717, 1.165) is 38.8 Å². The first kappa shape index (κ1) is 15.8. The smallest absolute Gasteiger partial charge is 0.251 e. The van der Waals surface area contributed by atoms with Crippen molar-refractivity contribution in [3.63, 3.8) is 0 Å². The van der Waals surface area contributed by atoms with E-state index in [-0.39, 0.29) is 17.6 Å². The molecule has 2 aliphatic rings. The second-order valence-corrected chi connectivity index (χ2v) is 6.45. The Kier molecular flexibility index (Phi) is 5.85. The highest BCUT2D eigenvalue weighted by atomic mass is 16.5. The minimum absolute atomic E-state index is 0.158. The molecule has 0 bridgehead atoms. The normalized spacial score (nSPS) is 25.0. The Morgan fingerprint density at radius 2 is 1.65 bits per heavy atom. The second-order valence-electron chi connectivity index (χ2n) is 6.45. The molecule has 4 nitrogen and oxygen atoms in total. The summed E-state index contributed by atoms with van der Waals surface area (Å²) >= 11 is 0. The largest absolute Gasteiger partial charge is 0.361 e. The Labute approximate surface area is 123 Å². The highest BCUT2D eigenvalue weighted by Crippen LogP contribution is 2.32. The Morgan fingerprint density at radius 3 is 2.20 bits per heavy atom. The number of rotatable bonds is 4. The van der Waals surface area contributed by atoms with E-state index in [1.165, 1.54) is 32.1 Å². The van der Waals surface area contributed by atoms with Gasteiger partial charge in [0.2, 0.25) is 0 Å². The summed E-state index contributed by atoms with van der Waals surface area (Å²) in [5.74, 6) is 0.158. The van der Waals surface area contributed by atoms with Gasteiger partial charge in [0.25, 0.3) is 5.91 Å². The molecular formula is C16H30N2O2. The van der Waals surface area contributed by atoms with E-state index >= 15 is 0 Å². The fourth-order valence-corrected chi connectivity index (χ4v) is 3.54. The summed E-state index contributed by atoms with van der Waals surface area (Å²) in [5.41, 5.74) is 5.69. The molecule has 1 aliphatic carbocycles. The van der Waals surface area contributed by atoms with Crippen LogP contribution in [0.5, 0.6) is 0 Å². The summed E-state index contributed by atoms with van der Waals surface area (Å²) in [6.07, 6.45) is 9.99. The van der Waals surface area contributed by atoms with E-state index in [0.29, 0.717) is 6.54 Å². The van der Waals surface area contributed by atoms with E-state index < -0.39 is 0 Å². The number of amides is 1. The van der Waals surface area contributed by atoms with Crippen LogP contribution in [0, 0.1) is 0 Å². The molecule has 0 aromatic heterocycles. The van der Waals surface area contributed by atoms with Crippen molar-refractivity contribution in [1.82, 2.24) is 4.90 Å². The molecule has 1 unspecified atom stereocenters. The van der Waals surface area contributed by atoms with Crippen LogP contribution < -0.4 is 5.73 Å². The maximum Gasteiger partial charge on any atom is 0.251 e. The molecule has 1 saturated carbocycles. The van der Waals surface area contributed by atoms with Crippen LogP contribution in [0.15, 0.2) is 0 Å². The zero-order valence-electron chi connectivity index (χ0n) is 12.9. The maximum absolute atomic E-state index is 12.5.